The molecule has 0 aliphatic carbocycles. The number of carbonyl (C=O) groups excluding carboxylic acids is 1. The largest absolute Gasteiger partial charge is 0.466 e. The van der Waals surface area contributed by atoms with Crippen LogP contribution in [0.4, 0.5) is 24.8 Å². The second-order valence-electron chi connectivity index (χ2n) is 11.0. The van der Waals surface area contributed by atoms with Crippen molar-refractivity contribution in [3.63, 3.8) is 0 Å². The molecular weight excluding hydrogens is 657 g/mol. The number of nitriles is 1. The van der Waals surface area contributed by atoms with E-state index in [1.807, 2.05) is 6.07 Å². The molecule has 17 heteroatoms. The monoisotopic (exact) mass is 685 g/mol. The maximum Gasteiger partial charge on any atom is 0.416 e. The van der Waals surface area contributed by atoms with E-state index in [0.29, 0.717) is 11.1 Å². The van der Waals surface area contributed by atoms with Crippen LogP contribution >= 0.6 is 0 Å². The van der Waals surface area contributed by atoms with Crippen LogP contribution in [0.1, 0.15) is 47.8 Å². The number of hydrogen-bond acceptors (Lipinski definition) is 9. The summed E-state index contributed by atoms with van der Waals surface area (Å²) in [5, 5.41) is 26.8. The fourth-order valence-electron chi connectivity index (χ4n) is 5.70. The summed E-state index contributed by atoms with van der Waals surface area (Å²) in [5.74, 6) is -1.03. The molecule has 4 aromatic rings. The van der Waals surface area contributed by atoms with Gasteiger partial charge in [0, 0.05) is 29.9 Å². The minimum absolute atomic E-state index is 0.0177. The number of aliphatic hydroxyl groups is 1. The van der Waals surface area contributed by atoms with Crippen molar-refractivity contribution < 1.29 is 45.3 Å². The Morgan fingerprint density at radius 2 is 1.90 bits per heavy atom. The van der Waals surface area contributed by atoms with Gasteiger partial charge in [0.25, 0.3) is 4.93 Å². The van der Waals surface area contributed by atoms with Gasteiger partial charge in [0.1, 0.15) is 6.04 Å². The van der Waals surface area contributed by atoms with Crippen molar-refractivity contribution in [1.29, 1.82) is 5.26 Å². The molecule has 1 aliphatic rings. The van der Waals surface area contributed by atoms with Crippen molar-refractivity contribution in [2.75, 3.05) is 12.0 Å². The number of nitrogens with zero attached hydrogens (tertiary/aromatic N) is 5. The number of alkyl halides is 3. The molecular formula is C31H28F3N6O7S+. The third-order valence-electron chi connectivity index (χ3n) is 8.09. The summed E-state index contributed by atoms with van der Waals surface area (Å²) in [6.45, 7) is 2.36. The fourth-order valence-corrected chi connectivity index (χ4v) is 6.15. The molecule has 48 heavy (non-hydrogen) atoms. The third kappa shape index (κ3) is 5.96. The number of esters is 1. The third-order valence-corrected chi connectivity index (χ3v) is 9.30. The van der Waals surface area contributed by atoms with E-state index in [1.165, 1.54) is 65.1 Å². The number of benzene rings is 2. The van der Waals surface area contributed by atoms with Gasteiger partial charge >= 0.3 is 28.0 Å². The molecule has 13 nitrogen and oxygen atoms in total. The molecule has 250 valence electrons. The van der Waals surface area contributed by atoms with Gasteiger partial charge in [-0.2, -0.15) is 31.4 Å². The molecule has 0 bridgehead atoms. The van der Waals surface area contributed by atoms with Crippen LogP contribution in [0.5, 0.6) is 0 Å². The highest BCUT2D eigenvalue weighted by Crippen LogP contribution is 2.43. The zero-order chi connectivity index (χ0) is 35.2. The molecule has 0 radical (unpaired) electrons. The van der Waals surface area contributed by atoms with Crippen LogP contribution in [0, 0.1) is 11.3 Å². The number of nitrogens with one attached hydrogen (secondary N) is 1. The first-order chi connectivity index (χ1) is 22.5. The molecule has 0 saturated heterocycles. The standard InChI is InChI=1S/C31H27F3N6O7S/c1-18-25(27(41)47-3)26(40-28(36-37-29(40)42)39(18)22-8-6-7-21(16-22)31(32,33)34)23-11-10-19(17-35)15-20(23)12-14-38-13-5-4-9-24(38)30(2,43)48(44,45)46/h4-11,13,15-16,26,43H,12,14H2,1-3H3,(H-,37,42,44,45,46)/p+1. The quantitative estimate of drug-likeness (QED) is 0.142. The Balaban J connectivity index is 1.70. The molecule has 2 unspecified atom stereocenters. The van der Waals surface area contributed by atoms with Crippen LogP contribution in [-0.2, 0) is 43.7 Å². The molecule has 3 N–H and O–H groups in total. The number of aromatic nitrogens is 4. The highest BCUT2D eigenvalue weighted by atomic mass is 32.2. The lowest BCUT2D eigenvalue weighted by molar-refractivity contribution is -0.708. The molecule has 0 saturated carbocycles. The Morgan fingerprint density at radius 3 is 2.54 bits per heavy atom. The maximum atomic E-state index is 13.7. The zero-order valence-corrected chi connectivity index (χ0v) is 26.4. The number of aryl methyl sites for hydroxylation is 2. The van der Waals surface area contributed by atoms with Gasteiger partial charge < -0.3 is 9.84 Å². The Bertz CT molecular complexity index is 2170. The summed E-state index contributed by atoms with van der Waals surface area (Å²) in [6.07, 6.45) is -3.18. The number of anilines is 2. The molecule has 3 heterocycles. The van der Waals surface area contributed by atoms with Crippen LogP contribution in [0.15, 0.2) is 82.9 Å². The van der Waals surface area contributed by atoms with Gasteiger partial charge in [0.15, 0.2) is 12.7 Å². The van der Waals surface area contributed by atoms with Crippen LogP contribution in [0.3, 0.4) is 0 Å². The molecule has 2 aromatic heterocycles. The van der Waals surface area contributed by atoms with E-state index in [9.17, 15) is 46.1 Å². The maximum absolute atomic E-state index is 13.7. The van der Waals surface area contributed by atoms with Gasteiger partial charge in [0.05, 0.1) is 29.9 Å². The summed E-state index contributed by atoms with van der Waals surface area (Å²) in [7, 11) is -3.87. The van der Waals surface area contributed by atoms with Gasteiger partial charge in [-0.25, -0.2) is 19.3 Å². The summed E-state index contributed by atoms with van der Waals surface area (Å²) in [6, 6.07) is 13.9. The van der Waals surface area contributed by atoms with Crippen molar-refractivity contribution >= 4 is 27.7 Å². The zero-order valence-electron chi connectivity index (χ0n) is 25.6. The van der Waals surface area contributed by atoms with E-state index < -0.39 is 44.5 Å². The van der Waals surface area contributed by atoms with Crippen molar-refractivity contribution in [3.05, 3.63) is 117 Å². The van der Waals surface area contributed by atoms with E-state index in [2.05, 4.69) is 10.2 Å². The topological polar surface area (TPSA) is 182 Å². The molecule has 1 aliphatic heterocycles. The molecule has 0 spiro atoms. The number of H-pyrrole nitrogens is 1. The van der Waals surface area contributed by atoms with E-state index in [1.54, 1.807) is 6.07 Å². The Kier molecular flexibility index (Phi) is 8.77. The number of allylic oxidation sites excluding steroid dienone is 1. The lowest BCUT2D eigenvalue weighted by Crippen LogP contribution is -2.48. The van der Waals surface area contributed by atoms with Gasteiger partial charge in [-0.3, -0.25) is 9.45 Å². The molecule has 0 fully saturated rings. The van der Waals surface area contributed by atoms with E-state index >= 15 is 0 Å². The first-order valence-corrected chi connectivity index (χ1v) is 15.6. The van der Waals surface area contributed by atoms with Crippen molar-refractivity contribution in [2.45, 2.75) is 44.0 Å². The van der Waals surface area contributed by atoms with Crippen molar-refractivity contribution in [3.8, 4) is 6.07 Å². The highest BCUT2D eigenvalue weighted by molar-refractivity contribution is 7.86. The molecule has 2 aromatic carbocycles. The number of pyridine rings is 1. The lowest BCUT2D eigenvalue weighted by Gasteiger charge is -2.36. The van der Waals surface area contributed by atoms with Crippen molar-refractivity contribution in [2.24, 2.45) is 0 Å². The molecule has 5 rings (SSSR count). The molecule has 0 amide bonds. The number of ether oxygens (including phenoxy) is 1. The predicted molar refractivity (Wildman–Crippen MR) is 162 cm³/mol. The van der Waals surface area contributed by atoms with E-state index in [-0.39, 0.29) is 47.1 Å². The second-order valence-corrected chi connectivity index (χ2v) is 12.7. The number of hydrogen-bond donors (Lipinski definition) is 3. The van der Waals surface area contributed by atoms with Crippen LogP contribution < -0.4 is 15.2 Å². The Morgan fingerprint density at radius 1 is 1.17 bits per heavy atom. The molecule has 2 atom stereocenters. The summed E-state index contributed by atoms with van der Waals surface area (Å²) in [5.41, 5.74) is -1.05. The van der Waals surface area contributed by atoms with Crippen LogP contribution in [0.25, 0.3) is 0 Å². The number of methoxy groups -OCH3 is 1. The van der Waals surface area contributed by atoms with Crippen molar-refractivity contribution in [1.82, 2.24) is 14.8 Å². The van der Waals surface area contributed by atoms with Gasteiger partial charge in [-0.05, 0) is 61.4 Å². The Hall–Kier alpha value is -5.31. The van der Waals surface area contributed by atoms with E-state index in [0.717, 1.165) is 30.7 Å². The summed E-state index contributed by atoms with van der Waals surface area (Å²) < 4.78 is 82.3. The minimum Gasteiger partial charge on any atom is -0.466 e. The number of rotatable bonds is 8. The van der Waals surface area contributed by atoms with Crippen LogP contribution in [0.2, 0.25) is 0 Å². The predicted octanol–water partition coefficient (Wildman–Crippen LogP) is 3.23. The van der Waals surface area contributed by atoms with Gasteiger partial charge in [0.2, 0.25) is 11.6 Å². The first-order valence-electron chi connectivity index (χ1n) is 14.2. The smallest absolute Gasteiger partial charge is 0.416 e. The second kappa shape index (κ2) is 12.4. The van der Waals surface area contributed by atoms with E-state index in [4.69, 9.17) is 4.74 Å². The fraction of sp³-hybridized carbons (Fsp3) is 0.258. The average Bonchev–Trinajstić information content (AvgIpc) is 3.42. The Labute approximate surface area is 271 Å². The minimum atomic E-state index is -4.97. The lowest BCUT2D eigenvalue weighted by atomic mass is 9.89. The summed E-state index contributed by atoms with van der Waals surface area (Å²) >= 11 is 0. The average molecular weight is 686 g/mol. The summed E-state index contributed by atoms with van der Waals surface area (Å²) in [4.78, 5) is 25.4. The number of aromatic amines is 1. The normalized spacial score (nSPS) is 16.2. The van der Waals surface area contributed by atoms with Crippen LogP contribution in [-0.4, -0.2) is 45.9 Å². The highest BCUT2D eigenvalue weighted by Gasteiger charge is 2.45. The van der Waals surface area contributed by atoms with Gasteiger partial charge in [-0.1, -0.05) is 12.1 Å². The number of halogens is 3. The number of carbonyl (C=O) groups is 1. The number of fused-ring (bicyclic) bond motifs is 1. The first kappa shape index (κ1) is 34.0. The SMILES string of the molecule is COC(=O)C1=C(C)N(c2cccc(C(F)(F)F)c2)c2n[nH]c(=O)n2C1c1ccc(C#N)cc1CC[n+]1ccccc1C(C)(O)S(=O)(=O)O. The van der Waals surface area contributed by atoms with Gasteiger partial charge in [-0.15, -0.1) is 5.10 Å².